The summed E-state index contributed by atoms with van der Waals surface area (Å²) in [6.07, 6.45) is 10.1. The number of methoxy groups -OCH3 is 1. The second-order valence-electron chi connectivity index (χ2n) is 6.97. The summed E-state index contributed by atoms with van der Waals surface area (Å²) < 4.78 is 10.8. The van der Waals surface area contributed by atoms with Crippen molar-refractivity contribution < 1.29 is 14.3 Å². The molecule has 6 nitrogen and oxygen atoms in total. The van der Waals surface area contributed by atoms with Crippen LogP contribution in [0.15, 0.2) is 42.6 Å². The summed E-state index contributed by atoms with van der Waals surface area (Å²) in [6.45, 7) is 4.63. The minimum Gasteiger partial charge on any atom is -0.493 e. The molecule has 0 spiro atoms. The Kier molecular flexibility index (Phi) is 7.50. The number of anilines is 2. The highest BCUT2D eigenvalue weighted by Gasteiger charge is 2.10. The Morgan fingerprint density at radius 3 is 2.59 bits per heavy atom. The van der Waals surface area contributed by atoms with E-state index in [1.165, 1.54) is 31.8 Å². The average molecular weight is 396 g/mol. The summed E-state index contributed by atoms with van der Waals surface area (Å²) in [4.78, 5) is 19.0. The highest BCUT2D eigenvalue weighted by Crippen LogP contribution is 2.28. The standard InChI is InChI=1S/C23H29N3O3/c1-3-29-20-11-8-18(16-21(20)28-2)9-13-23(27)25-22-12-10-19(17-24-22)26-14-6-4-5-7-15-26/h8-13,16-17H,3-7,14-15H2,1-2H3,(H,24,25,27)/b13-9+. The number of carbonyl (C=O) groups excluding carboxylic acids is 1. The molecule has 1 fully saturated rings. The SMILES string of the molecule is CCOc1ccc(/C=C/C(=O)Nc2ccc(N3CCCCCC3)cn2)cc1OC. The van der Waals surface area contributed by atoms with E-state index in [0.29, 0.717) is 23.9 Å². The smallest absolute Gasteiger partial charge is 0.249 e. The number of hydrogen-bond donors (Lipinski definition) is 1. The number of pyridine rings is 1. The minimum absolute atomic E-state index is 0.229. The molecular weight excluding hydrogens is 366 g/mol. The zero-order chi connectivity index (χ0) is 20.5. The van der Waals surface area contributed by atoms with Crippen molar-refractivity contribution in [3.63, 3.8) is 0 Å². The van der Waals surface area contributed by atoms with Gasteiger partial charge in [0.05, 0.1) is 25.6 Å². The number of carbonyl (C=O) groups is 1. The molecule has 2 aromatic rings. The molecule has 1 aromatic heterocycles. The molecule has 0 saturated carbocycles. The number of hydrogen-bond acceptors (Lipinski definition) is 5. The second kappa shape index (κ2) is 10.5. The highest BCUT2D eigenvalue weighted by atomic mass is 16.5. The fourth-order valence-electron chi connectivity index (χ4n) is 3.38. The van der Waals surface area contributed by atoms with E-state index in [0.717, 1.165) is 24.3 Å². The first kappa shape index (κ1) is 20.7. The fourth-order valence-corrected chi connectivity index (χ4v) is 3.38. The predicted octanol–water partition coefficient (Wildman–Crippen LogP) is 4.52. The van der Waals surface area contributed by atoms with Crippen LogP contribution in [0, 0.1) is 0 Å². The van der Waals surface area contributed by atoms with Gasteiger partial charge >= 0.3 is 0 Å². The first-order valence-electron chi connectivity index (χ1n) is 10.2. The maximum Gasteiger partial charge on any atom is 0.249 e. The van der Waals surface area contributed by atoms with Crippen LogP contribution in [0.4, 0.5) is 11.5 Å². The first-order chi connectivity index (χ1) is 14.2. The Morgan fingerprint density at radius 1 is 1.14 bits per heavy atom. The van der Waals surface area contributed by atoms with Crippen molar-refractivity contribution in [2.75, 3.05) is 37.0 Å². The lowest BCUT2D eigenvalue weighted by molar-refractivity contribution is -0.111. The van der Waals surface area contributed by atoms with Gasteiger partial charge in [0.15, 0.2) is 11.5 Å². The zero-order valence-corrected chi connectivity index (χ0v) is 17.2. The van der Waals surface area contributed by atoms with Crippen molar-refractivity contribution >= 4 is 23.5 Å². The zero-order valence-electron chi connectivity index (χ0n) is 17.2. The van der Waals surface area contributed by atoms with Gasteiger partial charge in [-0.1, -0.05) is 18.9 Å². The van der Waals surface area contributed by atoms with E-state index in [4.69, 9.17) is 9.47 Å². The minimum atomic E-state index is -0.229. The van der Waals surface area contributed by atoms with Crippen molar-refractivity contribution in [2.24, 2.45) is 0 Å². The average Bonchev–Trinajstić information content (AvgIpc) is 3.03. The van der Waals surface area contributed by atoms with Crippen molar-refractivity contribution in [1.29, 1.82) is 0 Å². The number of benzene rings is 1. The van der Waals surface area contributed by atoms with Crippen molar-refractivity contribution in [3.8, 4) is 11.5 Å². The molecule has 1 N–H and O–H groups in total. The Bertz CT molecular complexity index is 826. The molecule has 1 aromatic carbocycles. The second-order valence-corrected chi connectivity index (χ2v) is 6.97. The molecule has 1 amide bonds. The predicted molar refractivity (Wildman–Crippen MR) is 117 cm³/mol. The van der Waals surface area contributed by atoms with Gasteiger partial charge < -0.3 is 19.7 Å². The van der Waals surface area contributed by atoms with Gasteiger partial charge in [-0.05, 0) is 55.7 Å². The van der Waals surface area contributed by atoms with Crippen molar-refractivity contribution in [2.45, 2.75) is 32.6 Å². The Hall–Kier alpha value is -3.02. The lowest BCUT2D eigenvalue weighted by atomic mass is 10.2. The highest BCUT2D eigenvalue weighted by molar-refractivity contribution is 6.01. The molecule has 1 saturated heterocycles. The summed E-state index contributed by atoms with van der Waals surface area (Å²) in [5, 5.41) is 2.80. The van der Waals surface area contributed by atoms with E-state index < -0.39 is 0 Å². The van der Waals surface area contributed by atoms with E-state index in [9.17, 15) is 4.79 Å². The van der Waals surface area contributed by atoms with Crippen LogP contribution in [0.5, 0.6) is 11.5 Å². The molecule has 0 radical (unpaired) electrons. The summed E-state index contributed by atoms with van der Waals surface area (Å²) in [7, 11) is 1.60. The number of ether oxygens (including phenoxy) is 2. The van der Waals surface area contributed by atoms with Gasteiger partial charge in [-0.3, -0.25) is 4.79 Å². The number of nitrogens with one attached hydrogen (secondary N) is 1. The molecule has 0 unspecified atom stereocenters. The molecular formula is C23H29N3O3. The maximum absolute atomic E-state index is 12.2. The van der Waals surface area contributed by atoms with E-state index in [1.807, 2.05) is 43.5 Å². The van der Waals surface area contributed by atoms with Crippen molar-refractivity contribution in [1.82, 2.24) is 4.98 Å². The molecule has 0 aliphatic carbocycles. The number of aromatic nitrogens is 1. The largest absolute Gasteiger partial charge is 0.493 e. The third kappa shape index (κ3) is 5.98. The van der Waals surface area contributed by atoms with E-state index >= 15 is 0 Å². The molecule has 3 rings (SSSR count). The summed E-state index contributed by atoms with van der Waals surface area (Å²) in [5.41, 5.74) is 1.96. The molecule has 1 aliphatic rings. The Balaban J connectivity index is 1.58. The van der Waals surface area contributed by atoms with Crippen LogP contribution in [0.3, 0.4) is 0 Å². The van der Waals surface area contributed by atoms with E-state index in [-0.39, 0.29) is 5.91 Å². The quantitative estimate of drug-likeness (QED) is 0.698. The van der Waals surface area contributed by atoms with Crippen LogP contribution < -0.4 is 19.7 Å². The molecule has 0 bridgehead atoms. The third-order valence-corrected chi connectivity index (χ3v) is 4.89. The monoisotopic (exact) mass is 395 g/mol. The molecule has 6 heteroatoms. The number of amides is 1. The Labute approximate surface area is 172 Å². The molecule has 1 aliphatic heterocycles. The van der Waals surface area contributed by atoms with E-state index in [2.05, 4.69) is 15.2 Å². The van der Waals surface area contributed by atoms with Crippen LogP contribution in [0.25, 0.3) is 6.08 Å². The van der Waals surface area contributed by atoms with Gasteiger partial charge in [0.25, 0.3) is 0 Å². The van der Waals surface area contributed by atoms with Gasteiger partial charge in [-0.25, -0.2) is 4.98 Å². The normalized spacial score (nSPS) is 14.5. The van der Waals surface area contributed by atoms with Gasteiger partial charge in [0.2, 0.25) is 5.91 Å². The number of nitrogens with zero attached hydrogens (tertiary/aromatic N) is 2. The van der Waals surface area contributed by atoms with Gasteiger partial charge in [-0.15, -0.1) is 0 Å². The summed E-state index contributed by atoms with van der Waals surface area (Å²) in [5.74, 6) is 1.64. The van der Waals surface area contributed by atoms with Gasteiger partial charge in [0.1, 0.15) is 5.82 Å². The number of rotatable bonds is 7. The van der Waals surface area contributed by atoms with Crippen LogP contribution in [-0.4, -0.2) is 37.7 Å². The lowest BCUT2D eigenvalue weighted by Gasteiger charge is -2.22. The van der Waals surface area contributed by atoms with Gasteiger partial charge in [0, 0.05) is 19.2 Å². The lowest BCUT2D eigenvalue weighted by Crippen LogP contribution is -2.24. The maximum atomic E-state index is 12.2. The molecule has 0 atom stereocenters. The van der Waals surface area contributed by atoms with Crippen LogP contribution >= 0.6 is 0 Å². The van der Waals surface area contributed by atoms with Crippen molar-refractivity contribution in [3.05, 3.63) is 48.2 Å². The molecule has 29 heavy (non-hydrogen) atoms. The summed E-state index contributed by atoms with van der Waals surface area (Å²) >= 11 is 0. The van der Waals surface area contributed by atoms with Crippen LogP contribution in [0.1, 0.15) is 38.2 Å². The van der Waals surface area contributed by atoms with Crippen LogP contribution in [0.2, 0.25) is 0 Å². The van der Waals surface area contributed by atoms with Gasteiger partial charge in [-0.2, -0.15) is 0 Å². The third-order valence-electron chi connectivity index (χ3n) is 4.89. The summed E-state index contributed by atoms with van der Waals surface area (Å²) in [6, 6.07) is 9.43. The topological polar surface area (TPSA) is 63.7 Å². The van der Waals surface area contributed by atoms with E-state index in [1.54, 1.807) is 13.2 Å². The molecule has 2 heterocycles. The first-order valence-corrected chi connectivity index (χ1v) is 10.2. The van der Waals surface area contributed by atoms with Crippen LogP contribution in [-0.2, 0) is 4.79 Å². The fraction of sp³-hybridized carbons (Fsp3) is 0.391. The molecule has 154 valence electrons. The Morgan fingerprint density at radius 2 is 1.93 bits per heavy atom.